The number of benzene rings is 1. The van der Waals surface area contributed by atoms with Gasteiger partial charge in [0.2, 0.25) is 0 Å². The summed E-state index contributed by atoms with van der Waals surface area (Å²) < 4.78 is 0. The van der Waals surface area contributed by atoms with Gasteiger partial charge in [0.15, 0.2) is 0 Å². The van der Waals surface area contributed by atoms with Gasteiger partial charge in [0.1, 0.15) is 5.69 Å². The van der Waals surface area contributed by atoms with Crippen molar-refractivity contribution < 1.29 is 4.79 Å². The second kappa shape index (κ2) is 6.88. The fourth-order valence-corrected chi connectivity index (χ4v) is 2.14. The largest absolute Gasteiger partial charge is 0.384 e. The van der Waals surface area contributed by atoms with Gasteiger partial charge in [-0.1, -0.05) is 13.0 Å². The Balaban J connectivity index is 2.06. The maximum atomic E-state index is 12.2. The Morgan fingerprint density at radius 1 is 1.10 bits per heavy atom. The number of nitrogens with zero attached hydrogens (tertiary/aromatic N) is 1. The molecule has 0 atom stereocenters. The van der Waals surface area contributed by atoms with E-state index in [9.17, 15) is 4.79 Å². The molecule has 0 spiro atoms. The van der Waals surface area contributed by atoms with Crippen LogP contribution in [0.25, 0.3) is 0 Å². The molecule has 1 aromatic heterocycles. The summed E-state index contributed by atoms with van der Waals surface area (Å²) in [5, 5.41) is 6.11. The summed E-state index contributed by atoms with van der Waals surface area (Å²) in [7, 11) is 0. The van der Waals surface area contributed by atoms with Gasteiger partial charge in [0, 0.05) is 12.2 Å². The summed E-state index contributed by atoms with van der Waals surface area (Å²) >= 11 is 0. The van der Waals surface area contributed by atoms with Crippen molar-refractivity contribution in [2.24, 2.45) is 0 Å². The van der Waals surface area contributed by atoms with E-state index in [1.807, 2.05) is 32.0 Å². The first-order chi connectivity index (χ1) is 10.1. The van der Waals surface area contributed by atoms with E-state index < -0.39 is 0 Å². The van der Waals surface area contributed by atoms with E-state index in [4.69, 9.17) is 0 Å². The van der Waals surface area contributed by atoms with Gasteiger partial charge < -0.3 is 10.6 Å². The van der Waals surface area contributed by atoms with Crippen molar-refractivity contribution in [2.75, 3.05) is 17.2 Å². The number of hydrogen-bond donors (Lipinski definition) is 2. The average molecular weight is 283 g/mol. The van der Waals surface area contributed by atoms with Gasteiger partial charge in [-0.25, -0.2) is 4.98 Å². The Morgan fingerprint density at radius 2 is 1.81 bits per heavy atom. The van der Waals surface area contributed by atoms with Gasteiger partial charge in [0.05, 0.1) is 11.9 Å². The predicted molar refractivity (Wildman–Crippen MR) is 86.9 cm³/mol. The number of aryl methyl sites for hydroxylation is 2. The molecule has 0 saturated carbocycles. The number of amides is 1. The number of anilines is 2. The third-order valence-electron chi connectivity index (χ3n) is 3.05. The van der Waals surface area contributed by atoms with Crippen molar-refractivity contribution in [1.82, 2.24) is 4.98 Å². The summed E-state index contributed by atoms with van der Waals surface area (Å²) in [6, 6.07) is 9.57. The lowest BCUT2D eigenvalue weighted by Gasteiger charge is -2.08. The van der Waals surface area contributed by atoms with Crippen LogP contribution in [0, 0.1) is 13.8 Å². The monoisotopic (exact) mass is 283 g/mol. The van der Waals surface area contributed by atoms with Crippen molar-refractivity contribution in [3.8, 4) is 0 Å². The molecule has 2 aromatic rings. The zero-order valence-corrected chi connectivity index (χ0v) is 12.7. The SMILES string of the molecule is CCCNc1ccc(C(=O)Nc2cc(C)cc(C)c2)nc1. The van der Waals surface area contributed by atoms with E-state index in [0.717, 1.165) is 35.5 Å². The zero-order valence-electron chi connectivity index (χ0n) is 12.7. The highest BCUT2D eigenvalue weighted by atomic mass is 16.1. The molecule has 0 bridgehead atoms. The zero-order chi connectivity index (χ0) is 15.2. The highest BCUT2D eigenvalue weighted by Gasteiger charge is 2.08. The average Bonchev–Trinajstić information content (AvgIpc) is 2.44. The lowest BCUT2D eigenvalue weighted by molar-refractivity contribution is 0.102. The Morgan fingerprint density at radius 3 is 2.38 bits per heavy atom. The van der Waals surface area contributed by atoms with E-state index in [2.05, 4.69) is 28.6 Å². The fraction of sp³-hybridized carbons (Fsp3) is 0.294. The predicted octanol–water partition coefficient (Wildman–Crippen LogP) is 3.77. The maximum absolute atomic E-state index is 12.2. The summed E-state index contributed by atoms with van der Waals surface area (Å²) in [5.41, 5.74) is 4.39. The number of hydrogen-bond acceptors (Lipinski definition) is 3. The smallest absolute Gasteiger partial charge is 0.274 e. The minimum atomic E-state index is -0.193. The van der Waals surface area contributed by atoms with Crippen LogP contribution < -0.4 is 10.6 Å². The van der Waals surface area contributed by atoms with Crippen LogP contribution in [-0.4, -0.2) is 17.4 Å². The Bertz CT molecular complexity index is 600. The molecule has 0 radical (unpaired) electrons. The van der Waals surface area contributed by atoms with Gasteiger partial charge in [-0.3, -0.25) is 4.79 Å². The molecule has 0 saturated heterocycles. The molecule has 1 heterocycles. The molecule has 0 unspecified atom stereocenters. The first-order valence-electron chi connectivity index (χ1n) is 7.18. The number of rotatable bonds is 5. The number of carbonyl (C=O) groups is 1. The van der Waals surface area contributed by atoms with Gasteiger partial charge in [-0.2, -0.15) is 0 Å². The second-order valence-electron chi connectivity index (χ2n) is 5.19. The Hall–Kier alpha value is -2.36. The van der Waals surface area contributed by atoms with Crippen molar-refractivity contribution in [3.63, 3.8) is 0 Å². The molecule has 1 amide bonds. The Kier molecular flexibility index (Phi) is 4.93. The van der Waals surface area contributed by atoms with Crippen molar-refractivity contribution in [3.05, 3.63) is 53.3 Å². The van der Waals surface area contributed by atoms with E-state index in [1.54, 1.807) is 12.3 Å². The van der Waals surface area contributed by atoms with E-state index in [0.29, 0.717) is 5.69 Å². The molecular formula is C17H21N3O. The van der Waals surface area contributed by atoms with Gasteiger partial charge in [0.25, 0.3) is 5.91 Å². The van der Waals surface area contributed by atoms with E-state index >= 15 is 0 Å². The van der Waals surface area contributed by atoms with Crippen LogP contribution in [0.1, 0.15) is 35.0 Å². The highest BCUT2D eigenvalue weighted by molar-refractivity contribution is 6.03. The normalized spacial score (nSPS) is 10.2. The van der Waals surface area contributed by atoms with Crippen LogP contribution in [0.5, 0.6) is 0 Å². The standard InChI is InChI=1S/C17H21N3O/c1-4-7-18-14-5-6-16(19-11-14)17(21)20-15-9-12(2)8-13(3)10-15/h5-6,8-11,18H,4,7H2,1-3H3,(H,20,21). The number of carbonyl (C=O) groups excluding carboxylic acids is 1. The topological polar surface area (TPSA) is 54.0 Å². The lowest BCUT2D eigenvalue weighted by Crippen LogP contribution is -2.14. The van der Waals surface area contributed by atoms with Crippen LogP contribution >= 0.6 is 0 Å². The van der Waals surface area contributed by atoms with Crippen LogP contribution in [-0.2, 0) is 0 Å². The molecule has 0 aliphatic rings. The number of nitrogens with one attached hydrogen (secondary N) is 2. The summed E-state index contributed by atoms with van der Waals surface area (Å²) in [5.74, 6) is -0.193. The maximum Gasteiger partial charge on any atom is 0.274 e. The first kappa shape index (κ1) is 15.0. The van der Waals surface area contributed by atoms with Gasteiger partial charge in [-0.05, 0) is 55.7 Å². The summed E-state index contributed by atoms with van der Waals surface area (Å²) in [6.45, 7) is 7.02. The van der Waals surface area contributed by atoms with Gasteiger partial charge >= 0.3 is 0 Å². The Labute approximate surface area is 125 Å². The number of aromatic nitrogens is 1. The molecule has 0 aliphatic heterocycles. The third-order valence-corrected chi connectivity index (χ3v) is 3.05. The van der Waals surface area contributed by atoms with Crippen LogP contribution in [0.15, 0.2) is 36.5 Å². The van der Waals surface area contributed by atoms with Crippen molar-refractivity contribution in [1.29, 1.82) is 0 Å². The molecular weight excluding hydrogens is 262 g/mol. The highest BCUT2D eigenvalue weighted by Crippen LogP contribution is 2.15. The van der Waals surface area contributed by atoms with E-state index in [-0.39, 0.29) is 5.91 Å². The minimum Gasteiger partial charge on any atom is -0.384 e. The van der Waals surface area contributed by atoms with Crippen LogP contribution in [0.4, 0.5) is 11.4 Å². The molecule has 0 fully saturated rings. The number of pyridine rings is 1. The molecule has 2 N–H and O–H groups in total. The minimum absolute atomic E-state index is 0.193. The molecule has 4 nitrogen and oxygen atoms in total. The quantitative estimate of drug-likeness (QED) is 0.878. The molecule has 21 heavy (non-hydrogen) atoms. The molecule has 4 heteroatoms. The van der Waals surface area contributed by atoms with E-state index in [1.165, 1.54) is 0 Å². The fourth-order valence-electron chi connectivity index (χ4n) is 2.14. The summed E-state index contributed by atoms with van der Waals surface area (Å²) in [4.78, 5) is 16.4. The second-order valence-corrected chi connectivity index (χ2v) is 5.19. The van der Waals surface area contributed by atoms with Gasteiger partial charge in [-0.15, -0.1) is 0 Å². The lowest BCUT2D eigenvalue weighted by atomic mass is 10.1. The van der Waals surface area contributed by atoms with Crippen molar-refractivity contribution >= 4 is 17.3 Å². The van der Waals surface area contributed by atoms with Crippen LogP contribution in [0.3, 0.4) is 0 Å². The summed E-state index contributed by atoms with van der Waals surface area (Å²) in [6.07, 6.45) is 2.74. The van der Waals surface area contributed by atoms with Crippen molar-refractivity contribution in [2.45, 2.75) is 27.2 Å². The molecule has 1 aromatic carbocycles. The third kappa shape index (κ3) is 4.31. The molecule has 2 rings (SSSR count). The van der Waals surface area contributed by atoms with Crippen LogP contribution in [0.2, 0.25) is 0 Å². The first-order valence-corrected chi connectivity index (χ1v) is 7.18. The molecule has 0 aliphatic carbocycles. The molecule has 110 valence electrons.